The monoisotopic (exact) mass is 152 g/mol. The third-order valence-electron chi connectivity index (χ3n) is 1.58. The number of hydrogen-bond donors (Lipinski definition) is 2. The van der Waals surface area contributed by atoms with Crippen molar-refractivity contribution >= 4 is 6.34 Å². The van der Waals surface area contributed by atoms with E-state index in [1.54, 1.807) is 29.8 Å². The second kappa shape index (κ2) is 2.08. The maximum atomic E-state index is 9.22. The van der Waals surface area contributed by atoms with Crippen LogP contribution in [0.3, 0.4) is 0 Å². The summed E-state index contributed by atoms with van der Waals surface area (Å²) >= 11 is 0. The molecule has 0 aliphatic carbocycles. The average Bonchev–Trinajstić information content (AvgIpc) is 2.33. The van der Waals surface area contributed by atoms with Gasteiger partial charge in [0.25, 0.3) is 0 Å². The molecule has 2 rings (SSSR count). The normalized spacial score (nSPS) is 27.5. The molecule has 5 nitrogen and oxygen atoms in total. The van der Waals surface area contributed by atoms with Gasteiger partial charge in [-0.15, -0.1) is 0 Å². The molecule has 0 aromatic carbocycles. The third-order valence-corrected chi connectivity index (χ3v) is 1.58. The molecule has 0 bridgehead atoms. The molecule has 0 saturated heterocycles. The summed E-state index contributed by atoms with van der Waals surface area (Å²) in [5, 5.41) is 10.6. The molecule has 0 aromatic heterocycles. The fourth-order valence-electron chi connectivity index (χ4n) is 1.01. The highest BCUT2D eigenvalue weighted by atomic mass is 16.3. The summed E-state index contributed by atoms with van der Waals surface area (Å²) in [6.07, 6.45) is 5.81. The van der Waals surface area contributed by atoms with Crippen LogP contribution in [-0.4, -0.2) is 27.6 Å². The molecule has 0 radical (unpaired) electrons. The van der Waals surface area contributed by atoms with Crippen molar-refractivity contribution in [2.75, 3.05) is 0 Å². The van der Waals surface area contributed by atoms with Gasteiger partial charge in [-0.25, -0.2) is 10.8 Å². The first-order chi connectivity index (χ1) is 5.27. The number of hydrazine groups is 1. The van der Waals surface area contributed by atoms with Crippen LogP contribution in [0.4, 0.5) is 0 Å². The number of fused-ring (bicyclic) bond motifs is 1. The molecule has 1 atom stereocenters. The Morgan fingerprint density at radius 1 is 1.55 bits per heavy atom. The Kier molecular flexibility index (Phi) is 1.21. The van der Waals surface area contributed by atoms with Crippen LogP contribution in [0.15, 0.2) is 29.3 Å². The van der Waals surface area contributed by atoms with E-state index < -0.39 is 6.23 Å². The van der Waals surface area contributed by atoms with Crippen molar-refractivity contribution in [3.05, 3.63) is 24.3 Å². The molecule has 2 aliphatic heterocycles. The van der Waals surface area contributed by atoms with Crippen LogP contribution in [0.5, 0.6) is 0 Å². The highest BCUT2D eigenvalue weighted by Crippen LogP contribution is 2.18. The maximum absolute atomic E-state index is 9.22. The molecule has 11 heavy (non-hydrogen) atoms. The van der Waals surface area contributed by atoms with Crippen LogP contribution in [-0.2, 0) is 0 Å². The lowest BCUT2D eigenvalue weighted by Crippen LogP contribution is -2.28. The fraction of sp³-hybridized carbons (Fsp3) is 0.167. The van der Waals surface area contributed by atoms with E-state index in [9.17, 15) is 5.11 Å². The molecule has 0 aromatic rings. The van der Waals surface area contributed by atoms with Crippen LogP contribution < -0.4 is 5.84 Å². The number of aliphatic imine (C=N–C) groups is 1. The van der Waals surface area contributed by atoms with Crippen molar-refractivity contribution in [1.29, 1.82) is 0 Å². The van der Waals surface area contributed by atoms with E-state index in [1.165, 1.54) is 5.01 Å². The molecular formula is C6H8N4O. The number of hydrogen-bond acceptors (Lipinski definition) is 5. The van der Waals surface area contributed by atoms with Crippen LogP contribution in [0.25, 0.3) is 0 Å². The Morgan fingerprint density at radius 2 is 2.36 bits per heavy atom. The van der Waals surface area contributed by atoms with Crippen molar-refractivity contribution in [2.45, 2.75) is 6.23 Å². The highest BCUT2D eigenvalue weighted by molar-refractivity contribution is 5.64. The largest absolute Gasteiger partial charge is 0.367 e. The van der Waals surface area contributed by atoms with Gasteiger partial charge in [0.15, 0.2) is 6.23 Å². The summed E-state index contributed by atoms with van der Waals surface area (Å²) < 4.78 is 0. The van der Waals surface area contributed by atoms with Crippen molar-refractivity contribution in [3.8, 4) is 0 Å². The van der Waals surface area contributed by atoms with Crippen molar-refractivity contribution in [3.63, 3.8) is 0 Å². The molecule has 0 spiro atoms. The predicted octanol–water partition coefficient (Wildman–Crippen LogP) is -0.849. The number of rotatable bonds is 0. The second-order valence-electron chi connectivity index (χ2n) is 2.34. The summed E-state index contributed by atoms with van der Waals surface area (Å²) in [6, 6.07) is 0. The predicted molar refractivity (Wildman–Crippen MR) is 39.6 cm³/mol. The second-order valence-corrected chi connectivity index (χ2v) is 2.34. The summed E-state index contributed by atoms with van der Waals surface area (Å²) in [5.74, 6) is 5.43. The minimum absolute atomic E-state index is 0.676. The van der Waals surface area contributed by atoms with Crippen LogP contribution >= 0.6 is 0 Å². The van der Waals surface area contributed by atoms with Gasteiger partial charge in [-0.2, -0.15) is 0 Å². The quantitative estimate of drug-likeness (QED) is 0.444. The van der Waals surface area contributed by atoms with E-state index in [0.29, 0.717) is 5.70 Å². The molecule has 0 fully saturated rings. The number of nitrogens with zero attached hydrogens (tertiary/aromatic N) is 3. The molecule has 3 N–H and O–H groups in total. The Hall–Kier alpha value is -1.33. The van der Waals surface area contributed by atoms with Gasteiger partial charge in [0.1, 0.15) is 0 Å². The van der Waals surface area contributed by atoms with E-state index in [-0.39, 0.29) is 0 Å². The Morgan fingerprint density at radius 3 is 3.18 bits per heavy atom. The smallest absolute Gasteiger partial charge is 0.190 e. The molecule has 2 heterocycles. The minimum atomic E-state index is -0.772. The lowest BCUT2D eigenvalue weighted by Gasteiger charge is -2.21. The first-order valence-electron chi connectivity index (χ1n) is 3.20. The van der Waals surface area contributed by atoms with Gasteiger partial charge in [-0.3, -0.25) is 5.01 Å². The van der Waals surface area contributed by atoms with E-state index in [0.717, 1.165) is 0 Å². The number of nitrogens with two attached hydrogens (primary N) is 1. The maximum Gasteiger partial charge on any atom is 0.190 e. The zero-order valence-corrected chi connectivity index (χ0v) is 5.75. The Labute approximate surface area is 63.7 Å². The Balaban J connectivity index is 2.30. The SMILES string of the molecule is NN1C=CN2C=NC(O)C2=C1. The summed E-state index contributed by atoms with van der Waals surface area (Å²) in [4.78, 5) is 5.49. The zero-order chi connectivity index (χ0) is 7.84. The lowest BCUT2D eigenvalue weighted by molar-refractivity contribution is 0.210. The molecule has 1 unspecified atom stereocenters. The van der Waals surface area contributed by atoms with Crippen LogP contribution in [0.2, 0.25) is 0 Å². The standard InChI is InChI=1S/C6H8N4O/c7-10-2-1-9-4-8-6(11)5(9)3-10/h1-4,6,11H,7H2. The van der Waals surface area contributed by atoms with Gasteiger partial charge in [-0.05, 0) is 0 Å². The molecule has 2 aliphatic rings. The third kappa shape index (κ3) is 0.903. The molecule has 0 amide bonds. The van der Waals surface area contributed by atoms with Gasteiger partial charge in [-0.1, -0.05) is 0 Å². The van der Waals surface area contributed by atoms with Gasteiger partial charge in [0, 0.05) is 18.6 Å². The van der Waals surface area contributed by atoms with Gasteiger partial charge < -0.3 is 10.0 Å². The lowest BCUT2D eigenvalue weighted by atomic mass is 10.4. The van der Waals surface area contributed by atoms with E-state index in [2.05, 4.69) is 4.99 Å². The number of aliphatic hydroxyl groups is 1. The van der Waals surface area contributed by atoms with Crippen LogP contribution in [0.1, 0.15) is 0 Å². The van der Waals surface area contributed by atoms with Gasteiger partial charge >= 0.3 is 0 Å². The van der Waals surface area contributed by atoms with Crippen LogP contribution in [0, 0.1) is 0 Å². The first kappa shape index (κ1) is 6.38. The minimum Gasteiger partial charge on any atom is -0.367 e. The van der Waals surface area contributed by atoms with Gasteiger partial charge in [0.05, 0.1) is 12.0 Å². The summed E-state index contributed by atoms with van der Waals surface area (Å²) in [6.45, 7) is 0. The molecular weight excluding hydrogens is 144 g/mol. The van der Waals surface area contributed by atoms with E-state index >= 15 is 0 Å². The fourth-order valence-corrected chi connectivity index (χ4v) is 1.01. The first-order valence-corrected chi connectivity index (χ1v) is 3.20. The van der Waals surface area contributed by atoms with E-state index in [1.807, 2.05) is 0 Å². The van der Waals surface area contributed by atoms with Crippen molar-refractivity contribution < 1.29 is 5.11 Å². The summed E-state index contributed by atoms with van der Waals surface area (Å²) in [5.41, 5.74) is 0.676. The molecule has 0 saturated carbocycles. The number of aliphatic hydroxyl groups excluding tert-OH is 1. The molecule has 58 valence electrons. The van der Waals surface area contributed by atoms with Crippen molar-refractivity contribution in [2.24, 2.45) is 10.8 Å². The molecule has 5 heteroatoms. The zero-order valence-electron chi connectivity index (χ0n) is 5.75. The van der Waals surface area contributed by atoms with Crippen molar-refractivity contribution in [1.82, 2.24) is 9.91 Å². The van der Waals surface area contributed by atoms with E-state index in [4.69, 9.17) is 5.84 Å². The average molecular weight is 152 g/mol. The van der Waals surface area contributed by atoms with Gasteiger partial charge in [0.2, 0.25) is 0 Å². The summed E-state index contributed by atoms with van der Waals surface area (Å²) in [7, 11) is 0. The Bertz CT molecular complexity index is 257. The highest BCUT2D eigenvalue weighted by Gasteiger charge is 2.22. The topological polar surface area (TPSA) is 65.1 Å².